The van der Waals surface area contributed by atoms with Crippen LogP contribution in [0.5, 0.6) is 0 Å². The average molecular weight is 216 g/mol. The Balaban J connectivity index is 2.20. The molecule has 1 aliphatic rings. The Hall–Kier alpha value is -1.61. The van der Waals surface area contributed by atoms with E-state index < -0.39 is 0 Å². The van der Waals surface area contributed by atoms with E-state index in [-0.39, 0.29) is 11.9 Å². The first-order valence-corrected chi connectivity index (χ1v) is 5.46. The lowest BCUT2D eigenvalue weighted by Gasteiger charge is -2.37. The van der Waals surface area contributed by atoms with Crippen LogP contribution in [0.3, 0.4) is 0 Å². The monoisotopic (exact) mass is 216 g/mol. The predicted molar refractivity (Wildman–Crippen MR) is 63.8 cm³/mol. The van der Waals surface area contributed by atoms with Crippen LogP contribution in [0.1, 0.15) is 17.3 Å². The summed E-state index contributed by atoms with van der Waals surface area (Å²) in [5.41, 5.74) is 0.733. The van der Waals surface area contributed by atoms with Gasteiger partial charge in [-0.15, -0.1) is 0 Å². The summed E-state index contributed by atoms with van der Waals surface area (Å²) in [6, 6.07) is 9.64. The third-order valence-electron chi connectivity index (χ3n) is 2.92. The van der Waals surface area contributed by atoms with E-state index in [4.69, 9.17) is 0 Å². The van der Waals surface area contributed by atoms with Crippen molar-refractivity contribution in [2.75, 3.05) is 13.6 Å². The largest absolute Gasteiger partial charge is 0.268 e. The molecule has 1 atom stereocenters. The zero-order chi connectivity index (χ0) is 11.5. The third kappa shape index (κ3) is 1.99. The predicted octanol–water partition coefficient (Wildman–Crippen LogP) is 1.93. The van der Waals surface area contributed by atoms with Gasteiger partial charge in [0.15, 0.2) is 0 Å². The second-order valence-corrected chi connectivity index (χ2v) is 4.00. The Bertz CT molecular complexity index is 400. The van der Waals surface area contributed by atoms with Crippen molar-refractivity contribution in [1.29, 1.82) is 0 Å². The molecule has 0 saturated heterocycles. The van der Waals surface area contributed by atoms with Gasteiger partial charge in [0.25, 0.3) is 5.91 Å². The number of rotatable bonds is 1. The summed E-state index contributed by atoms with van der Waals surface area (Å²) in [4.78, 5) is 12.2. The first-order chi connectivity index (χ1) is 7.70. The van der Waals surface area contributed by atoms with Crippen LogP contribution < -0.4 is 0 Å². The molecule has 1 aromatic rings. The van der Waals surface area contributed by atoms with Crippen LogP contribution in [0, 0.1) is 0 Å². The smallest absolute Gasteiger partial charge is 0.268 e. The molecule has 0 aliphatic carbocycles. The van der Waals surface area contributed by atoms with Gasteiger partial charge in [0.1, 0.15) is 0 Å². The van der Waals surface area contributed by atoms with Gasteiger partial charge in [0.05, 0.1) is 6.54 Å². The number of carbonyl (C=O) groups excluding carboxylic acids is 1. The minimum atomic E-state index is 0.0549. The first-order valence-electron chi connectivity index (χ1n) is 5.46. The highest BCUT2D eigenvalue weighted by Crippen LogP contribution is 2.13. The molecular weight excluding hydrogens is 200 g/mol. The average Bonchev–Trinajstić information content (AvgIpc) is 2.33. The zero-order valence-corrected chi connectivity index (χ0v) is 9.63. The fourth-order valence-corrected chi connectivity index (χ4v) is 1.79. The molecule has 0 N–H and O–H groups in total. The van der Waals surface area contributed by atoms with Gasteiger partial charge >= 0.3 is 0 Å². The number of nitrogens with zero attached hydrogens (tertiary/aromatic N) is 2. The van der Waals surface area contributed by atoms with Gasteiger partial charge in [0, 0.05) is 18.7 Å². The highest BCUT2D eigenvalue weighted by atomic mass is 16.2. The van der Waals surface area contributed by atoms with Crippen molar-refractivity contribution in [2.24, 2.45) is 0 Å². The normalized spacial score (nSPS) is 21.1. The molecule has 1 unspecified atom stereocenters. The number of hydrogen-bond donors (Lipinski definition) is 0. The zero-order valence-electron chi connectivity index (χ0n) is 9.63. The van der Waals surface area contributed by atoms with Gasteiger partial charge < -0.3 is 0 Å². The lowest BCUT2D eigenvalue weighted by Crippen LogP contribution is -2.50. The maximum Gasteiger partial charge on any atom is 0.268 e. The number of carbonyl (C=O) groups is 1. The summed E-state index contributed by atoms with van der Waals surface area (Å²) < 4.78 is 0. The Morgan fingerprint density at radius 1 is 1.31 bits per heavy atom. The van der Waals surface area contributed by atoms with Gasteiger partial charge in [0.2, 0.25) is 0 Å². The maximum absolute atomic E-state index is 12.2. The van der Waals surface area contributed by atoms with Gasteiger partial charge in [-0.25, -0.2) is 5.01 Å². The Morgan fingerprint density at radius 2 is 2.00 bits per heavy atom. The van der Waals surface area contributed by atoms with E-state index in [0.29, 0.717) is 6.54 Å². The van der Waals surface area contributed by atoms with Crippen molar-refractivity contribution in [3.8, 4) is 0 Å². The number of amides is 1. The van der Waals surface area contributed by atoms with Crippen molar-refractivity contribution in [3.63, 3.8) is 0 Å². The molecule has 1 aliphatic heterocycles. The van der Waals surface area contributed by atoms with Crippen LogP contribution in [0.2, 0.25) is 0 Å². The molecule has 0 saturated carbocycles. The molecule has 3 nitrogen and oxygen atoms in total. The van der Waals surface area contributed by atoms with Crippen LogP contribution in [0.25, 0.3) is 0 Å². The number of benzene rings is 1. The molecule has 0 fully saturated rings. The van der Waals surface area contributed by atoms with E-state index in [0.717, 1.165) is 5.56 Å². The van der Waals surface area contributed by atoms with Crippen LogP contribution in [0.15, 0.2) is 42.5 Å². The van der Waals surface area contributed by atoms with Crippen LogP contribution in [-0.4, -0.2) is 35.6 Å². The quantitative estimate of drug-likeness (QED) is 0.670. The molecule has 0 spiro atoms. The Labute approximate surface area is 95.9 Å². The summed E-state index contributed by atoms with van der Waals surface area (Å²) in [7, 11) is 1.94. The molecule has 16 heavy (non-hydrogen) atoms. The molecule has 0 aromatic heterocycles. The highest BCUT2D eigenvalue weighted by Gasteiger charge is 2.23. The van der Waals surface area contributed by atoms with Gasteiger partial charge in [-0.2, -0.15) is 0 Å². The lowest BCUT2D eigenvalue weighted by atomic mass is 10.2. The summed E-state index contributed by atoms with van der Waals surface area (Å²) >= 11 is 0. The lowest BCUT2D eigenvalue weighted by molar-refractivity contribution is -0.00380. The molecule has 0 bridgehead atoms. The summed E-state index contributed by atoms with van der Waals surface area (Å²) in [5, 5.41) is 3.73. The van der Waals surface area contributed by atoms with Gasteiger partial charge in [-0.1, -0.05) is 30.4 Å². The number of hydrazine groups is 1. The second kappa shape index (κ2) is 4.49. The summed E-state index contributed by atoms with van der Waals surface area (Å²) in [6.07, 6.45) is 4.14. The Kier molecular flexibility index (Phi) is 3.06. The fraction of sp³-hybridized carbons (Fsp3) is 0.308. The van der Waals surface area contributed by atoms with Crippen LogP contribution in [0.4, 0.5) is 0 Å². The molecule has 1 heterocycles. The topological polar surface area (TPSA) is 23.6 Å². The van der Waals surface area contributed by atoms with Crippen molar-refractivity contribution in [3.05, 3.63) is 48.0 Å². The standard InChI is InChI=1S/C13H16N2O/c1-11-7-6-10-15(14(11)2)13(16)12-8-4-3-5-9-12/h3-9,11H,10H2,1-2H3. The van der Waals surface area contributed by atoms with E-state index in [1.54, 1.807) is 5.01 Å². The van der Waals surface area contributed by atoms with Crippen LogP contribution >= 0.6 is 0 Å². The molecule has 1 aromatic carbocycles. The molecule has 1 amide bonds. The Morgan fingerprint density at radius 3 is 2.69 bits per heavy atom. The van der Waals surface area contributed by atoms with E-state index in [9.17, 15) is 4.79 Å². The van der Waals surface area contributed by atoms with Crippen molar-refractivity contribution in [2.45, 2.75) is 13.0 Å². The second-order valence-electron chi connectivity index (χ2n) is 4.00. The minimum absolute atomic E-state index is 0.0549. The van der Waals surface area contributed by atoms with Crippen molar-refractivity contribution < 1.29 is 4.79 Å². The molecule has 2 rings (SSSR count). The SMILES string of the molecule is CC1C=CCN(C(=O)c2ccccc2)N1C. The molecule has 3 heteroatoms. The van der Waals surface area contributed by atoms with Crippen molar-refractivity contribution in [1.82, 2.24) is 10.0 Å². The molecular formula is C13H16N2O. The van der Waals surface area contributed by atoms with E-state index in [1.807, 2.05) is 48.5 Å². The summed E-state index contributed by atoms with van der Waals surface area (Å²) in [6.45, 7) is 2.72. The van der Waals surface area contributed by atoms with Crippen molar-refractivity contribution >= 4 is 5.91 Å². The summed E-state index contributed by atoms with van der Waals surface area (Å²) in [5.74, 6) is 0.0549. The number of likely N-dealkylation sites (N-methyl/N-ethyl adjacent to an activating group) is 1. The van der Waals surface area contributed by atoms with E-state index in [2.05, 4.69) is 13.0 Å². The highest BCUT2D eigenvalue weighted by molar-refractivity contribution is 5.94. The minimum Gasteiger partial charge on any atom is -0.268 e. The van der Waals surface area contributed by atoms with E-state index >= 15 is 0 Å². The molecule has 0 radical (unpaired) electrons. The molecule has 84 valence electrons. The van der Waals surface area contributed by atoms with E-state index in [1.165, 1.54) is 0 Å². The van der Waals surface area contributed by atoms with Crippen LogP contribution in [-0.2, 0) is 0 Å². The maximum atomic E-state index is 12.2. The number of hydrogen-bond acceptors (Lipinski definition) is 2. The van der Waals surface area contributed by atoms with Gasteiger partial charge in [-0.3, -0.25) is 9.80 Å². The third-order valence-corrected chi connectivity index (χ3v) is 2.92. The van der Waals surface area contributed by atoms with Gasteiger partial charge in [-0.05, 0) is 19.1 Å². The fourth-order valence-electron chi connectivity index (χ4n) is 1.79. The first kappa shape index (κ1) is 10.9.